The zero-order valence-corrected chi connectivity index (χ0v) is 21.4. The van der Waals surface area contributed by atoms with Gasteiger partial charge in [0.2, 0.25) is 0 Å². The average molecular weight is 489 g/mol. The molecule has 0 aliphatic rings. The number of rotatable bonds is 8. The quantitative estimate of drug-likeness (QED) is 0.246. The number of methoxy groups -OCH3 is 4. The minimum Gasteiger partial charge on any atom is -0.496 e. The Kier molecular flexibility index (Phi) is 8.34. The van der Waals surface area contributed by atoms with Crippen LogP contribution >= 0.6 is 0 Å². The van der Waals surface area contributed by atoms with Gasteiger partial charge in [0.25, 0.3) is 0 Å². The van der Waals surface area contributed by atoms with Crippen LogP contribution in [0.5, 0.6) is 23.0 Å². The van der Waals surface area contributed by atoms with Crippen molar-refractivity contribution in [1.82, 2.24) is 0 Å². The number of benzene rings is 4. The molecule has 0 radical (unpaired) electrons. The first kappa shape index (κ1) is 25.3. The summed E-state index contributed by atoms with van der Waals surface area (Å²) in [7, 11) is 6.61. The van der Waals surface area contributed by atoms with E-state index in [1.807, 2.05) is 97.1 Å². The molecule has 4 aromatic carbocycles. The van der Waals surface area contributed by atoms with Gasteiger partial charge in [-0.2, -0.15) is 0 Å². The molecular weight excluding hydrogens is 460 g/mol. The summed E-state index contributed by atoms with van der Waals surface area (Å²) in [6, 6.07) is 31.2. The predicted molar refractivity (Wildman–Crippen MR) is 148 cm³/mol. The Balaban J connectivity index is 2.12. The van der Waals surface area contributed by atoms with Gasteiger partial charge in [-0.05, 0) is 54.3 Å². The molecule has 4 aromatic rings. The Morgan fingerprint density at radius 3 is 0.892 bits per heavy atom. The third kappa shape index (κ3) is 5.54. The second-order valence-corrected chi connectivity index (χ2v) is 7.93. The van der Waals surface area contributed by atoms with Crippen molar-refractivity contribution in [2.45, 2.75) is 0 Å². The second-order valence-electron chi connectivity index (χ2n) is 7.93. The summed E-state index contributed by atoms with van der Waals surface area (Å²) in [6.45, 7) is 0. The zero-order valence-electron chi connectivity index (χ0n) is 21.4. The summed E-state index contributed by atoms with van der Waals surface area (Å²) in [6.07, 6.45) is 0. The van der Waals surface area contributed by atoms with Gasteiger partial charge in [0, 0.05) is 33.4 Å². The van der Waals surface area contributed by atoms with Crippen molar-refractivity contribution in [3.63, 3.8) is 0 Å². The van der Waals surface area contributed by atoms with Crippen molar-refractivity contribution in [3.8, 4) is 23.0 Å². The van der Waals surface area contributed by atoms with Crippen molar-refractivity contribution in [1.29, 1.82) is 0 Å². The van der Waals surface area contributed by atoms with Gasteiger partial charge in [-0.25, -0.2) is 0 Å². The van der Waals surface area contributed by atoms with E-state index in [0.29, 0.717) is 0 Å². The van der Waals surface area contributed by atoms with Crippen LogP contribution in [0.15, 0.2) is 114 Å². The maximum absolute atomic E-state index is 5.66. The zero-order chi connectivity index (χ0) is 26.0. The van der Waals surface area contributed by atoms with E-state index in [-0.39, 0.29) is 0 Å². The Bertz CT molecular complexity index is 1320. The summed E-state index contributed by atoms with van der Waals surface area (Å²) < 4.78 is 22.6. The summed E-state index contributed by atoms with van der Waals surface area (Å²) in [4.78, 5) is 0. The SMILES string of the molecule is COc1ccccc1C(=C=C=C=C(c1ccccc1OC)c1ccccc1OC)c1ccccc1OC. The van der Waals surface area contributed by atoms with Crippen molar-refractivity contribution >= 4 is 11.1 Å². The molecule has 0 unspecified atom stereocenters. The molecule has 0 heterocycles. The van der Waals surface area contributed by atoms with E-state index in [1.165, 1.54) is 0 Å². The predicted octanol–water partition coefficient (Wildman–Crippen LogP) is 7.19. The molecule has 0 N–H and O–H groups in total. The molecule has 4 heteroatoms. The van der Waals surface area contributed by atoms with E-state index in [2.05, 4.69) is 17.2 Å². The summed E-state index contributed by atoms with van der Waals surface area (Å²) >= 11 is 0. The van der Waals surface area contributed by atoms with Gasteiger partial charge in [0.15, 0.2) is 0 Å². The van der Waals surface area contributed by atoms with E-state index in [4.69, 9.17) is 18.9 Å². The van der Waals surface area contributed by atoms with Gasteiger partial charge < -0.3 is 18.9 Å². The van der Waals surface area contributed by atoms with Crippen LogP contribution in [0.25, 0.3) is 11.1 Å². The van der Waals surface area contributed by atoms with E-state index in [9.17, 15) is 0 Å². The van der Waals surface area contributed by atoms with Gasteiger partial charge in [0.05, 0.1) is 28.4 Å². The molecule has 0 bridgehead atoms. The maximum atomic E-state index is 5.66. The Morgan fingerprint density at radius 1 is 0.405 bits per heavy atom. The standard InChI is InChI=1S/C33H28O4/c1-34-30-20-9-5-14-26(30)24(27-15-6-10-21-31(27)35-2)18-13-19-25(28-16-7-11-22-32(28)36-3)29-17-8-12-23-33(29)37-4/h5-12,14-17,20-23H,1-4H3. The molecule has 0 amide bonds. The first-order valence-corrected chi connectivity index (χ1v) is 11.8. The highest BCUT2D eigenvalue weighted by molar-refractivity contribution is 5.86. The van der Waals surface area contributed by atoms with Crippen LogP contribution in [0.2, 0.25) is 0 Å². The lowest BCUT2D eigenvalue weighted by molar-refractivity contribution is 0.411. The molecule has 0 aromatic heterocycles. The largest absolute Gasteiger partial charge is 0.496 e. The first-order chi connectivity index (χ1) is 18.2. The van der Waals surface area contributed by atoms with E-state index in [1.54, 1.807) is 28.4 Å². The normalized spacial score (nSPS) is 9.84. The van der Waals surface area contributed by atoms with Crippen LogP contribution in [-0.4, -0.2) is 28.4 Å². The molecule has 4 nitrogen and oxygen atoms in total. The van der Waals surface area contributed by atoms with Crippen LogP contribution in [0.3, 0.4) is 0 Å². The monoisotopic (exact) mass is 488 g/mol. The minimum atomic E-state index is 0.719. The number of hydrogen-bond acceptors (Lipinski definition) is 4. The lowest BCUT2D eigenvalue weighted by Gasteiger charge is -2.13. The Morgan fingerprint density at radius 2 is 0.649 bits per heavy atom. The molecule has 0 fully saturated rings. The van der Waals surface area contributed by atoms with Crippen LogP contribution in [0.4, 0.5) is 0 Å². The molecule has 0 aliphatic carbocycles. The smallest absolute Gasteiger partial charge is 0.127 e. The minimum absolute atomic E-state index is 0.719. The van der Waals surface area contributed by atoms with Crippen LogP contribution in [0.1, 0.15) is 22.3 Å². The van der Waals surface area contributed by atoms with Gasteiger partial charge in [-0.3, -0.25) is 0 Å². The highest BCUT2D eigenvalue weighted by Gasteiger charge is 2.15. The van der Waals surface area contributed by atoms with E-state index < -0.39 is 0 Å². The van der Waals surface area contributed by atoms with Crippen LogP contribution in [0, 0.1) is 0 Å². The fourth-order valence-corrected chi connectivity index (χ4v) is 4.12. The average Bonchev–Trinajstić information content (AvgIpc) is 2.97. The third-order valence-corrected chi connectivity index (χ3v) is 5.88. The van der Waals surface area contributed by atoms with Crippen LogP contribution in [-0.2, 0) is 0 Å². The first-order valence-electron chi connectivity index (χ1n) is 11.8. The Labute approximate surface area is 218 Å². The lowest BCUT2D eigenvalue weighted by atomic mass is 9.96. The highest BCUT2D eigenvalue weighted by atomic mass is 16.5. The molecule has 0 aliphatic heterocycles. The molecule has 0 saturated heterocycles. The molecule has 184 valence electrons. The number of para-hydroxylation sites is 4. The van der Waals surface area contributed by atoms with Crippen LogP contribution < -0.4 is 18.9 Å². The van der Waals surface area contributed by atoms with Gasteiger partial charge >= 0.3 is 0 Å². The molecule has 4 rings (SSSR count). The molecule has 0 saturated carbocycles. The summed E-state index contributed by atoms with van der Waals surface area (Å²) in [5.74, 6) is 2.88. The number of ether oxygens (including phenoxy) is 4. The Hall–Kier alpha value is -4.84. The molecular formula is C33H28O4. The fourth-order valence-electron chi connectivity index (χ4n) is 4.12. The molecule has 0 atom stereocenters. The lowest BCUT2D eigenvalue weighted by Crippen LogP contribution is -1.96. The van der Waals surface area contributed by atoms with Crippen molar-refractivity contribution in [2.24, 2.45) is 0 Å². The molecule has 0 spiro atoms. The fraction of sp³-hybridized carbons (Fsp3) is 0.121. The van der Waals surface area contributed by atoms with Crippen molar-refractivity contribution in [2.75, 3.05) is 28.4 Å². The topological polar surface area (TPSA) is 36.9 Å². The molecule has 37 heavy (non-hydrogen) atoms. The highest BCUT2D eigenvalue weighted by Crippen LogP contribution is 2.36. The maximum Gasteiger partial charge on any atom is 0.127 e. The van der Waals surface area contributed by atoms with Crippen molar-refractivity contribution in [3.05, 3.63) is 137 Å². The second kappa shape index (κ2) is 12.2. The van der Waals surface area contributed by atoms with Gasteiger partial charge in [-0.1, -0.05) is 60.0 Å². The van der Waals surface area contributed by atoms with E-state index >= 15 is 0 Å². The van der Waals surface area contributed by atoms with Crippen molar-refractivity contribution < 1.29 is 18.9 Å². The summed E-state index contributed by atoms with van der Waals surface area (Å²) in [5, 5.41) is 0. The van der Waals surface area contributed by atoms with Gasteiger partial charge in [-0.15, -0.1) is 0 Å². The third-order valence-electron chi connectivity index (χ3n) is 5.88. The van der Waals surface area contributed by atoms with Gasteiger partial charge in [0.1, 0.15) is 23.0 Å². The number of hydrogen-bond donors (Lipinski definition) is 0. The summed E-state index contributed by atoms with van der Waals surface area (Å²) in [5.41, 5.74) is 14.8. The van der Waals surface area contributed by atoms with E-state index in [0.717, 1.165) is 56.4 Å².